The zero-order valence-corrected chi connectivity index (χ0v) is 26.7. The van der Waals surface area contributed by atoms with Crippen LogP contribution in [0.1, 0.15) is 120 Å². The lowest BCUT2D eigenvalue weighted by Crippen LogP contribution is -2.33. The molecular weight excluding hydrogens is 540 g/mol. The molecule has 43 heavy (non-hydrogen) atoms. The monoisotopic (exact) mass is 596 g/mol. The maximum atomic E-state index is 12.4. The summed E-state index contributed by atoms with van der Waals surface area (Å²) in [6.45, 7) is 2.78. The smallest absolute Gasteiger partial charge is 0.338 e. The number of aliphatic hydroxyl groups excluding tert-OH is 1. The molecule has 0 saturated carbocycles. The Morgan fingerprint density at radius 2 is 1.58 bits per heavy atom. The third-order valence-electron chi connectivity index (χ3n) is 8.50. The van der Waals surface area contributed by atoms with E-state index >= 15 is 0 Å². The van der Waals surface area contributed by atoms with E-state index in [1.54, 1.807) is 13.2 Å². The Morgan fingerprint density at radius 1 is 0.884 bits per heavy atom. The molecule has 0 spiro atoms. The number of carbonyl (C=O) groups is 1. The zero-order valence-electron chi connectivity index (χ0n) is 26.7. The lowest BCUT2D eigenvalue weighted by Gasteiger charge is -2.25. The zero-order chi connectivity index (χ0) is 30.5. The molecule has 2 aromatic carbocycles. The number of rotatable bonds is 23. The largest absolute Gasteiger partial charge is 0.458 e. The van der Waals surface area contributed by atoms with Gasteiger partial charge in [0.05, 0.1) is 30.0 Å². The fraction of sp³-hybridized carbons (Fsp3) is 0.649. The first-order valence-electron chi connectivity index (χ1n) is 16.9. The summed E-state index contributed by atoms with van der Waals surface area (Å²) in [5.74, 6) is -0.320. The van der Waals surface area contributed by atoms with Crippen LogP contribution in [0.25, 0.3) is 10.8 Å². The Labute approximate surface area is 260 Å². The lowest BCUT2D eigenvalue weighted by atomic mass is 10.0. The fourth-order valence-electron chi connectivity index (χ4n) is 5.95. The van der Waals surface area contributed by atoms with Crippen LogP contribution in [0.3, 0.4) is 0 Å². The molecule has 4 atom stereocenters. The first-order chi connectivity index (χ1) is 21.1. The summed E-state index contributed by atoms with van der Waals surface area (Å²) in [4.78, 5) is 12.4. The van der Waals surface area contributed by atoms with Crippen LogP contribution < -0.4 is 0 Å². The van der Waals surface area contributed by atoms with E-state index in [1.165, 1.54) is 57.8 Å². The molecule has 1 heterocycles. The van der Waals surface area contributed by atoms with Gasteiger partial charge in [-0.05, 0) is 61.4 Å². The third-order valence-corrected chi connectivity index (χ3v) is 8.50. The van der Waals surface area contributed by atoms with Crippen molar-refractivity contribution in [1.29, 1.82) is 0 Å². The first-order valence-corrected chi connectivity index (χ1v) is 16.9. The highest BCUT2D eigenvalue weighted by Crippen LogP contribution is 2.30. The molecule has 0 radical (unpaired) electrons. The van der Waals surface area contributed by atoms with Crippen LogP contribution in [0.2, 0.25) is 0 Å². The minimum atomic E-state index is -0.482. The highest BCUT2D eigenvalue weighted by molar-refractivity contribution is 5.95. The lowest BCUT2D eigenvalue weighted by molar-refractivity contribution is -0.138. The van der Waals surface area contributed by atoms with Crippen molar-refractivity contribution in [1.82, 2.24) is 0 Å². The standard InChI is InChI=1S/C37H56O6/c1-3-4-5-6-7-8-9-10-11-15-22-35(42-29-40-2)36-26-25-34(43-36)33(38)21-14-12-13-18-27-41-37(39)32-24-23-30-19-16-17-20-31(30)28-32/h13,16-20,23-24,28,33-36,38H,3-12,14-15,21-22,25-27,29H2,1-2H3/b18-13+/t33-,34-,35-,36-/m1/s1. The van der Waals surface area contributed by atoms with Crippen molar-refractivity contribution in [2.24, 2.45) is 0 Å². The van der Waals surface area contributed by atoms with Crippen molar-refractivity contribution in [3.63, 3.8) is 0 Å². The Bertz CT molecular complexity index is 1050. The molecule has 0 unspecified atom stereocenters. The molecule has 2 aromatic rings. The Morgan fingerprint density at radius 3 is 2.33 bits per heavy atom. The minimum Gasteiger partial charge on any atom is -0.458 e. The molecule has 0 aliphatic carbocycles. The quantitative estimate of drug-likeness (QED) is 0.0597. The summed E-state index contributed by atoms with van der Waals surface area (Å²) in [7, 11) is 1.66. The average Bonchev–Trinajstić information content (AvgIpc) is 3.53. The number of hydrogen-bond donors (Lipinski definition) is 1. The van der Waals surface area contributed by atoms with Gasteiger partial charge in [-0.2, -0.15) is 0 Å². The molecule has 6 nitrogen and oxygen atoms in total. The van der Waals surface area contributed by atoms with Crippen LogP contribution in [-0.4, -0.2) is 56.0 Å². The first kappa shape index (κ1) is 35.2. The van der Waals surface area contributed by atoms with E-state index in [1.807, 2.05) is 48.6 Å². The molecule has 3 rings (SSSR count). The molecule has 0 amide bonds. The number of ether oxygens (including phenoxy) is 4. The summed E-state index contributed by atoms with van der Waals surface area (Å²) < 4.78 is 22.9. The van der Waals surface area contributed by atoms with Crippen LogP contribution in [0.15, 0.2) is 54.6 Å². The van der Waals surface area contributed by atoms with Gasteiger partial charge in [-0.15, -0.1) is 0 Å². The number of unbranched alkanes of at least 4 members (excludes halogenated alkanes) is 10. The fourth-order valence-corrected chi connectivity index (χ4v) is 5.95. The van der Waals surface area contributed by atoms with Crippen molar-refractivity contribution in [2.75, 3.05) is 20.5 Å². The van der Waals surface area contributed by atoms with Crippen molar-refractivity contribution < 1.29 is 28.8 Å². The molecule has 1 saturated heterocycles. The number of fused-ring (bicyclic) bond motifs is 1. The molecule has 0 bridgehead atoms. The molecule has 240 valence electrons. The van der Waals surface area contributed by atoms with Crippen LogP contribution in [0.5, 0.6) is 0 Å². The van der Waals surface area contributed by atoms with Gasteiger partial charge in [-0.3, -0.25) is 0 Å². The number of benzene rings is 2. The second-order valence-electron chi connectivity index (χ2n) is 12.0. The maximum absolute atomic E-state index is 12.4. The van der Waals surface area contributed by atoms with Gasteiger partial charge in [0.1, 0.15) is 13.4 Å². The molecular formula is C37H56O6. The van der Waals surface area contributed by atoms with Gasteiger partial charge in [-0.1, -0.05) is 114 Å². The Balaban J connectivity index is 1.26. The molecule has 1 fully saturated rings. The molecule has 1 N–H and O–H groups in total. The van der Waals surface area contributed by atoms with E-state index in [4.69, 9.17) is 18.9 Å². The van der Waals surface area contributed by atoms with Gasteiger partial charge in [-0.25, -0.2) is 4.79 Å². The predicted octanol–water partition coefficient (Wildman–Crippen LogP) is 8.93. The van der Waals surface area contributed by atoms with Crippen molar-refractivity contribution >= 4 is 16.7 Å². The minimum absolute atomic E-state index is 0.0190. The van der Waals surface area contributed by atoms with Crippen LogP contribution in [0, 0.1) is 0 Å². The number of carbonyl (C=O) groups excluding carboxylic acids is 1. The third kappa shape index (κ3) is 13.5. The van der Waals surface area contributed by atoms with Crippen LogP contribution in [0.4, 0.5) is 0 Å². The van der Waals surface area contributed by atoms with Gasteiger partial charge >= 0.3 is 5.97 Å². The van der Waals surface area contributed by atoms with E-state index in [0.29, 0.717) is 12.0 Å². The van der Waals surface area contributed by atoms with Gasteiger partial charge in [0.2, 0.25) is 0 Å². The number of allylic oxidation sites excluding steroid dienone is 1. The summed E-state index contributed by atoms with van der Waals surface area (Å²) in [5, 5.41) is 12.9. The molecule has 6 heteroatoms. The predicted molar refractivity (Wildman–Crippen MR) is 174 cm³/mol. The summed E-state index contributed by atoms with van der Waals surface area (Å²) in [6, 6.07) is 13.6. The van der Waals surface area contributed by atoms with Crippen molar-refractivity contribution in [3.05, 3.63) is 60.2 Å². The Kier molecular flexibility index (Phi) is 17.6. The van der Waals surface area contributed by atoms with Crippen molar-refractivity contribution in [3.8, 4) is 0 Å². The van der Waals surface area contributed by atoms with E-state index in [2.05, 4.69) is 6.92 Å². The summed E-state index contributed by atoms with van der Waals surface area (Å²) in [5.41, 5.74) is 0.559. The van der Waals surface area contributed by atoms with Crippen LogP contribution in [-0.2, 0) is 18.9 Å². The van der Waals surface area contributed by atoms with Crippen LogP contribution >= 0.6 is 0 Å². The topological polar surface area (TPSA) is 74.2 Å². The number of esters is 1. The van der Waals surface area contributed by atoms with Crippen molar-refractivity contribution in [2.45, 2.75) is 134 Å². The SMILES string of the molecule is CCCCCCCCCCCC[C@@H](OCOC)[C@H]1CC[C@H]([C@H](O)CCC/C=C/COC(=O)c2ccc3ccccc3c2)O1. The molecule has 0 aromatic heterocycles. The highest BCUT2D eigenvalue weighted by atomic mass is 16.7. The number of methoxy groups -OCH3 is 1. The number of hydrogen-bond acceptors (Lipinski definition) is 6. The average molecular weight is 597 g/mol. The van der Waals surface area contributed by atoms with Gasteiger partial charge in [0, 0.05) is 7.11 Å². The van der Waals surface area contributed by atoms with E-state index in [9.17, 15) is 9.90 Å². The van der Waals surface area contributed by atoms with E-state index < -0.39 is 6.10 Å². The second kappa shape index (κ2) is 21.5. The van der Waals surface area contributed by atoms with Gasteiger partial charge in [0.25, 0.3) is 0 Å². The summed E-state index contributed by atoms with van der Waals surface area (Å²) >= 11 is 0. The van der Waals surface area contributed by atoms with Gasteiger partial charge < -0.3 is 24.1 Å². The molecule has 1 aliphatic heterocycles. The Hall–Kier alpha value is -2.25. The second-order valence-corrected chi connectivity index (χ2v) is 12.0. The summed E-state index contributed by atoms with van der Waals surface area (Å²) in [6.07, 6.45) is 21.6. The maximum Gasteiger partial charge on any atom is 0.338 e. The normalized spacial score (nSPS) is 18.4. The van der Waals surface area contributed by atoms with E-state index in [0.717, 1.165) is 49.3 Å². The van der Waals surface area contributed by atoms with E-state index in [-0.39, 0.29) is 37.7 Å². The molecule has 1 aliphatic rings. The highest BCUT2D eigenvalue weighted by Gasteiger charge is 2.35. The number of aliphatic hydroxyl groups is 1. The van der Waals surface area contributed by atoms with Gasteiger partial charge in [0.15, 0.2) is 0 Å².